The molecule has 0 aliphatic carbocycles. The third-order valence-corrected chi connectivity index (χ3v) is 9.36. The van der Waals surface area contributed by atoms with Crippen molar-refractivity contribution in [1.29, 1.82) is 0 Å². The third-order valence-electron chi connectivity index (χ3n) is 9.36. The van der Waals surface area contributed by atoms with Crippen LogP contribution < -0.4 is 5.32 Å². The topological polar surface area (TPSA) is 108 Å². The van der Waals surface area contributed by atoms with Crippen LogP contribution >= 0.6 is 0 Å². The molecular weight excluding hydrogens is 652 g/mol. The number of carbonyl (C=O) groups excluding carboxylic acids is 1. The molecule has 0 radical (unpaired) electrons. The van der Waals surface area contributed by atoms with E-state index in [1.54, 1.807) is 0 Å². The van der Waals surface area contributed by atoms with Crippen LogP contribution in [-0.4, -0.2) is 39.6 Å². The second-order valence-corrected chi connectivity index (χ2v) is 13.3. The summed E-state index contributed by atoms with van der Waals surface area (Å²) in [6.45, 7) is 2.62. The maximum absolute atomic E-state index is 12.4. The first-order valence-electron chi connectivity index (χ1n) is 17.9. The second kappa shape index (κ2) is 18.4. The van der Waals surface area contributed by atoms with Gasteiger partial charge in [0.2, 0.25) is 5.91 Å². The van der Waals surface area contributed by atoms with E-state index in [9.17, 15) is 14.7 Å². The highest BCUT2D eigenvalue weighted by molar-refractivity contribution is 5.77. The fourth-order valence-corrected chi connectivity index (χ4v) is 6.65. The zero-order valence-electron chi connectivity index (χ0n) is 29.3. The SMILES string of the molecule is O=C(O)CCCC(=O)NCc1ccccc1-c1ccc(C2OC(CN(Cc3ccccc3)Cc3ccccc3)CC(c3ccc(CO)cc3)O2)cc1. The number of benzene rings is 5. The third kappa shape index (κ3) is 10.5. The van der Waals surface area contributed by atoms with E-state index in [1.807, 2.05) is 72.8 Å². The molecule has 8 nitrogen and oxygen atoms in total. The monoisotopic (exact) mass is 698 g/mol. The molecule has 1 heterocycles. The van der Waals surface area contributed by atoms with Crippen LogP contribution in [0.15, 0.2) is 133 Å². The van der Waals surface area contributed by atoms with E-state index < -0.39 is 12.3 Å². The van der Waals surface area contributed by atoms with Gasteiger partial charge in [0, 0.05) is 51.0 Å². The van der Waals surface area contributed by atoms with Crippen LogP contribution in [-0.2, 0) is 45.3 Å². The fourth-order valence-electron chi connectivity index (χ4n) is 6.65. The van der Waals surface area contributed by atoms with E-state index >= 15 is 0 Å². The van der Waals surface area contributed by atoms with Crippen molar-refractivity contribution in [2.24, 2.45) is 0 Å². The minimum atomic E-state index is -0.901. The Morgan fingerprint density at radius 2 is 1.31 bits per heavy atom. The molecule has 3 N–H and O–H groups in total. The minimum absolute atomic E-state index is 0.0112. The van der Waals surface area contributed by atoms with Gasteiger partial charge in [-0.1, -0.05) is 133 Å². The lowest BCUT2D eigenvalue weighted by molar-refractivity contribution is -0.253. The summed E-state index contributed by atoms with van der Waals surface area (Å²) >= 11 is 0. The predicted molar refractivity (Wildman–Crippen MR) is 201 cm³/mol. The Balaban J connectivity index is 1.21. The fraction of sp³-hybridized carbons (Fsp3) is 0.273. The molecular formula is C44H46N2O6. The van der Waals surface area contributed by atoms with Crippen molar-refractivity contribution in [3.05, 3.63) is 167 Å². The Kier molecular flexibility index (Phi) is 13.0. The molecule has 1 aliphatic heterocycles. The summed E-state index contributed by atoms with van der Waals surface area (Å²) in [4.78, 5) is 25.6. The average Bonchev–Trinajstić information content (AvgIpc) is 3.18. The van der Waals surface area contributed by atoms with Gasteiger partial charge in [-0.25, -0.2) is 0 Å². The number of hydrogen-bond donors (Lipinski definition) is 3. The normalized spacial score (nSPS) is 17.2. The van der Waals surface area contributed by atoms with Crippen LogP contribution in [0, 0.1) is 0 Å². The van der Waals surface area contributed by atoms with Gasteiger partial charge in [-0.2, -0.15) is 0 Å². The van der Waals surface area contributed by atoms with E-state index in [4.69, 9.17) is 14.6 Å². The van der Waals surface area contributed by atoms with E-state index in [0.717, 1.165) is 46.5 Å². The second-order valence-electron chi connectivity index (χ2n) is 13.3. The molecule has 1 saturated heterocycles. The lowest BCUT2D eigenvalue weighted by Crippen LogP contribution is -2.39. The Morgan fingerprint density at radius 1 is 0.692 bits per heavy atom. The van der Waals surface area contributed by atoms with E-state index in [2.05, 4.69) is 70.9 Å². The van der Waals surface area contributed by atoms with Gasteiger partial charge in [-0.3, -0.25) is 14.5 Å². The molecule has 0 aromatic heterocycles. The molecule has 3 unspecified atom stereocenters. The van der Waals surface area contributed by atoms with Crippen LogP contribution in [0.2, 0.25) is 0 Å². The Morgan fingerprint density at radius 3 is 1.94 bits per heavy atom. The lowest BCUT2D eigenvalue weighted by atomic mass is 9.97. The van der Waals surface area contributed by atoms with Gasteiger partial charge in [-0.05, 0) is 45.4 Å². The summed E-state index contributed by atoms with van der Waals surface area (Å²) in [5, 5.41) is 21.5. The zero-order valence-corrected chi connectivity index (χ0v) is 29.3. The summed E-state index contributed by atoms with van der Waals surface area (Å²) in [5.41, 5.74) is 8.27. The number of amides is 1. The molecule has 0 saturated carbocycles. The number of carbonyl (C=O) groups is 2. The lowest BCUT2D eigenvalue weighted by Gasteiger charge is -2.38. The molecule has 52 heavy (non-hydrogen) atoms. The molecule has 6 rings (SSSR count). The van der Waals surface area contributed by atoms with Crippen molar-refractivity contribution in [3.63, 3.8) is 0 Å². The van der Waals surface area contributed by atoms with Gasteiger partial charge in [0.05, 0.1) is 18.8 Å². The van der Waals surface area contributed by atoms with Crippen molar-refractivity contribution in [3.8, 4) is 11.1 Å². The highest BCUT2D eigenvalue weighted by Gasteiger charge is 2.33. The van der Waals surface area contributed by atoms with Gasteiger partial charge in [0.15, 0.2) is 6.29 Å². The van der Waals surface area contributed by atoms with Crippen molar-refractivity contribution in [2.75, 3.05) is 6.54 Å². The average molecular weight is 699 g/mol. The predicted octanol–water partition coefficient (Wildman–Crippen LogP) is 7.96. The molecule has 268 valence electrons. The van der Waals surface area contributed by atoms with Crippen LogP contribution in [0.25, 0.3) is 11.1 Å². The van der Waals surface area contributed by atoms with E-state index in [0.29, 0.717) is 25.9 Å². The zero-order chi connectivity index (χ0) is 36.1. The van der Waals surface area contributed by atoms with Crippen LogP contribution in [0.4, 0.5) is 0 Å². The van der Waals surface area contributed by atoms with Crippen LogP contribution in [0.5, 0.6) is 0 Å². The quantitative estimate of drug-likeness (QED) is 0.0960. The molecule has 1 aliphatic rings. The highest BCUT2D eigenvalue weighted by Crippen LogP contribution is 2.39. The molecule has 8 heteroatoms. The number of nitrogens with one attached hydrogen (secondary N) is 1. The number of aliphatic hydroxyl groups excluding tert-OH is 1. The van der Waals surface area contributed by atoms with Gasteiger partial charge in [0.25, 0.3) is 0 Å². The molecule has 5 aromatic rings. The van der Waals surface area contributed by atoms with Crippen molar-refractivity contribution >= 4 is 11.9 Å². The first kappa shape index (κ1) is 36.7. The molecule has 0 bridgehead atoms. The van der Waals surface area contributed by atoms with Gasteiger partial charge >= 0.3 is 5.97 Å². The Bertz CT molecular complexity index is 1820. The molecule has 1 amide bonds. The number of carboxylic acids is 1. The molecule has 5 aromatic carbocycles. The van der Waals surface area contributed by atoms with Crippen LogP contribution in [0.1, 0.15) is 71.5 Å². The highest BCUT2D eigenvalue weighted by atomic mass is 16.7. The Labute approximate surface area is 305 Å². The standard InChI is InChI=1S/C44H46N2O6/c47-31-34-18-20-36(21-19-34)41-26-39(30-46(28-32-10-3-1-4-11-32)29-33-12-5-2-6-13-33)51-44(52-41)37-24-22-35(23-25-37)40-15-8-7-14-38(40)27-45-42(48)16-9-17-43(49)50/h1-8,10-15,18-25,39,41,44,47H,9,16-17,26-31H2,(H,45,48)(H,49,50). The maximum Gasteiger partial charge on any atom is 0.303 e. The minimum Gasteiger partial charge on any atom is -0.481 e. The van der Waals surface area contributed by atoms with Crippen molar-refractivity contribution < 1.29 is 29.3 Å². The number of ether oxygens (including phenoxy) is 2. The summed E-state index contributed by atoms with van der Waals surface area (Å²) in [5.74, 6) is -1.07. The summed E-state index contributed by atoms with van der Waals surface area (Å²) in [7, 11) is 0. The number of aliphatic hydroxyl groups is 1. The van der Waals surface area contributed by atoms with Gasteiger partial charge in [-0.15, -0.1) is 0 Å². The van der Waals surface area contributed by atoms with Gasteiger partial charge in [0.1, 0.15) is 0 Å². The van der Waals surface area contributed by atoms with Crippen molar-refractivity contribution in [1.82, 2.24) is 10.2 Å². The molecule has 1 fully saturated rings. The maximum atomic E-state index is 12.4. The molecule has 0 spiro atoms. The molecule has 3 atom stereocenters. The number of rotatable bonds is 16. The number of hydrogen-bond acceptors (Lipinski definition) is 6. The largest absolute Gasteiger partial charge is 0.481 e. The van der Waals surface area contributed by atoms with Crippen molar-refractivity contribution in [2.45, 2.75) is 70.4 Å². The van der Waals surface area contributed by atoms with Crippen LogP contribution in [0.3, 0.4) is 0 Å². The summed E-state index contributed by atoms with van der Waals surface area (Å²) < 4.78 is 13.4. The summed E-state index contributed by atoms with van der Waals surface area (Å²) in [6, 6.07) is 45.1. The smallest absolute Gasteiger partial charge is 0.303 e. The van der Waals surface area contributed by atoms with E-state index in [-0.39, 0.29) is 37.6 Å². The summed E-state index contributed by atoms with van der Waals surface area (Å²) in [6.07, 6.45) is 0.229. The first-order valence-corrected chi connectivity index (χ1v) is 17.9. The number of aliphatic carboxylic acids is 1. The Hall–Kier alpha value is -5.12. The number of nitrogens with zero attached hydrogens (tertiary/aromatic N) is 1. The van der Waals surface area contributed by atoms with E-state index in [1.165, 1.54) is 11.1 Å². The number of carboxylic acid groups (broad SMARTS) is 1. The van der Waals surface area contributed by atoms with Gasteiger partial charge < -0.3 is 25.0 Å². The first-order chi connectivity index (χ1) is 25.4.